The van der Waals surface area contributed by atoms with Gasteiger partial charge in [-0.25, -0.2) is 3.96 Å². The molecular formula is C20H21N3S. The van der Waals surface area contributed by atoms with Crippen LogP contribution in [0.3, 0.4) is 0 Å². The van der Waals surface area contributed by atoms with Crippen LogP contribution in [-0.4, -0.2) is 15.0 Å². The van der Waals surface area contributed by atoms with Crippen molar-refractivity contribution in [1.29, 1.82) is 0 Å². The van der Waals surface area contributed by atoms with Gasteiger partial charge in [0.25, 0.3) is 0 Å². The lowest BCUT2D eigenvalue weighted by molar-refractivity contribution is 0.685. The van der Waals surface area contributed by atoms with Crippen molar-refractivity contribution in [3.05, 3.63) is 65.0 Å². The standard InChI is InChI=1S/C20H21N3S/c1-15-8-7-13-18(14-15)23-19(16-9-3-2-4-10-16)22-20(24-23)21-17-11-5-6-12-17/h2-4,7-10,13-14,17H,5-6,11-12H2,1H3. The largest absolute Gasteiger partial charge is 0.253 e. The number of nitrogens with zero attached hydrogens (tertiary/aromatic N) is 3. The third kappa shape index (κ3) is 3.20. The van der Waals surface area contributed by atoms with E-state index in [-0.39, 0.29) is 0 Å². The maximum Gasteiger partial charge on any atom is 0.223 e. The molecule has 0 N–H and O–H groups in total. The Balaban J connectivity index is 1.85. The van der Waals surface area contributed by atoms with Crippen molar-refractivity contribution in [3.63, 3.8) is 0 Å². The molecule has 0 aliphatic heterocycles. The molecule has 3 nitrogen and oxygen atoms in total. The summed E-state index contributed by atoms with van der Waals surface area (Å²) in [6.45, 7) is 2.12. The van der Waals surface area contributed by atoms with Crippen molar-refractivity contribution in [2.45, 2.75) is 38.6 Å². The lowest BCUT2D eigenvalue weighted by atomic mass is 10.2. The Hall–Kier alpha value is -2.20. The van der Waals surface area contributed by atoms with Gasteiger partial charge >= 0.3 is 0 Å². The molecule has 122 valence electrons. The van der Waals surface area contributed by atoms with E-state index in [4.69, 9.17) is 9.98 Å². The molecule has 0 unspecified atom stereocenters. The van der Waals surface area contributed by atoms with E-state index in [0.29, 0.717) is 6.04 Å². The van der Waals surface area contributed by atoms with Gasteiger partial charge in [0.15, 0.2) is 5.82 Å². The van der Waals surface area contributed by atoms with Gasteiger partial charge in [0.05, 0.1) is 11.7 Å². The van der Waals surface area contributed by atoms with Gasteiger partial charge in [-0.15, -0.1) is 0 Å². The van der Waals surface area contributed by atoms with E-state index in [9.17, 15) is 0 Å². The lowest BCUT2D eigenvalue weighted by Crippen LogP contribution is -2.06. The second-order valence-corrected chi connectivity index (χ2v) is 7.29. The quantitative estimate of drug-likeness (QED) is 0.679. The molecule has 1 heterocycles. The summed E-state index contributed by atoms with van der Waals surface area (Å²) in [6, 6.07) is 19.4. The maximum absolute atomic E-state index is 4.90. The molecule has 0 bridgehead atoms. The molecular weight excluding hydrogens is 314 g/mol. The first-order valence-electron chi connectivity index (χ1n) is 8.56. The molecule has 4 heteroatoms. The fourth-order valence-corrected chi connectivity index (χ4v) is 4.16. The van der Waals surface area contributed by atoms with Crippen LogP contribution in [0.25, 0.3) is 17.1 Å². The molecule has 1 aliphatic rings. The van der Waals surface area contributed by atoms with Crippen LogP contribution in [0.2, 0.25) is 0 Å². The highest BCUT2D eigenvalue weighted by Gasteiger charge is 2.15. The van der Waals surface area contributed by atoms with E-state index >= 15 is 0 Å². The van der Waals surface area contributed by atoms with Crippen LogP contribution in [0.15, 0.2) is 59.6 Å². The van der Waals surface area contributed by atoms with Gasteiger partial charge in [-0.05, 0) is 49.0 Å². The van der Waals surface area contributed by atoms with Crippen LogP contribution in [0.5, 0.6) is 0 Å². The first-order chi connectivity index (χ1) is 11.8. The minimum absolute atomic E-state index is 0.450. The third-order valence-electron chi connectivity index (χ3n) is 4.45. The van der Waals surface area contributed by atoms with Gasteiger partial charge in [-0.3, -0.25) is 4.99 Å². The minimum atomic E-state index is 0.450. The van der Waals surface area contributed by atoms with Crippen molar-refractivity contribution < 1.29 is 0 Å². The molecule has 2 aromatic carbocycles. The minimum Gasteiger partial charge on any atom is -0.253 e. The zero-order valence-corrected chi connectivity index (χ0v) is 14.7. The van der Waals surface area contributed by atoms with Crippen molar-refractivity contribution in [2.24, 2.45) is 4.99 Å². The predicted octanol–water partition coefficient (Wildman–Crippen LogP) is 4.75. The SMILES string of the molecule is Cc1cccc(-n2sc(=NC3CCCC3)nc2-c2ccccc2)c1. The second kappa shape index (κ2) is 6.73. The Labute approximate surface area is 146 Å². The summed E-state index contributed by atoms with van der Waals surface area (Å²) in [7, 11) is 0. The lowest BCUT2D eigenvalue weighted by Gasteiger charge is -2.07. The van der Waals surface area contributed by atoms with Gasteiger partial charge in [-0.2, -0.15) is 4.98 Å². The predicted molar refractivity (Wildman–Crippen MR) is 99.4 cm³/mol. The summed E-state index contributed by atoms with van der Waals surface area (Å²) >= 11 is 1.64. The molecule has 24 heavy (non-hydrogen) atoms. The van der Waals surface area contributed by atoms with Crippen molar-refractivity contribution in [1.82, 2.24) is 8.94 Å². The highest BCUT2D eigenvalue weighted by atomic mass is 32.1. The van der Waals surface area contributed by atoms with Crippen molar-refractivity contribution in [3.8, 4) is 17.1 Å². The van der Waals surface area contributed by atoms with E-state index in [1.165, 1.54) is 31.2 Å². The van der Waals surface area contributed by atoms with Crippen molar-refractivity contribution >= 4 is 11.5 Å². The van der Waals surface area contributed by atoms with Crippen LogP contribution in [0, 0.1) is 6.92 Å². The van der Waals surface area contributed by atoms with E-state index in [0.717, 1.165) is 21.9 Å². The smallest absolute Gasteiger partial charge is 0.223 e. The molecule has 1 aliphatic carbocycles. The fourth-order valence-electron chi connectivity index (χ4n) is 3.22. The number of hydrogen-bond donors (Lipinski definition) is 0. The molecule has 4 rings (SSSR count). The highest BCUT2D eigenvalue weighted by molar-refractivity contribution is 7.04. The Morgan fingerprint density at radius 3 is 2.58 bits per heavy atom. The number of benzene rings is 2. The van der Waals surface area contributed by atoms with Gasteiger partial charge in [-0.1, -0.05) is 55.3 Å². The molecule has 1 aromatic heterocycles. The fraction of sp³-hybridized carbons (Fsp3) is 0.300. The summed E-state index contributed by atoms with van der Waals surface area (Å²) < 4.78 is 2.20. The molecule has 0 amide bonds. The topological polar surface area (TPSA) is 30.2 Å². The summed E-state index contributed by atoms with van der Waals surface area (Å²) in [4.78, 5) is 10.7. The number of rotatable bonds is 3. The van der Waals surface area contributed by atoms with E-state index < -0.39 is 0 Å². The van der Waals surface area contributed by atoms with Crippen LogP contribution < -0.4 is 4.80 Å². The molecule has 1 saturated carbocycles. The first kappa shape index (κ1) is 15.3. The molecule has 3 aromatic rings. The van der Waals surface area contributed by atoms with Crippen LogP contribution >= 0.6 is 11.5 Å². The average Bonchev–Trinajstić information content (AvgIpc) is 3.26. The number of aryl methyl sites for hydroxylation is 1. The van der Waals surface area contributed by atoms with E-state index in [1.54, 1.807) is 11.5 Å². The maximum atomic E-state index is 4.90. The Morgan fingerprint density at radius 2 is 1.83 bits per heavy atom. The molecule has 0 radical (unpaired) electrons. The third-order valence-corrected chi connectivity index (χ3v) is 5.38. The zero-order chi connectivity index (χ0) is 16.4. The van der Waals surface area contributed by atoms with E-state index in [1.807, 2.05) is 6.07 Å². The van der Waals surface area contributed by atoms with Gasteiger partial charge in [0, 0.05) is 5.56 Å². The summed E-state index contributed by atoms with van der Waals surface area (Å²) in [5.74, 6) is 0.975. The zero-order valence-electron chi connectivity index (χ0n) is 13.9. The second-order valence-electron chi connectivity index (χ2n) is 6.38. The van der Waals surface area contributed by atoms with Gasteiger partial charge in [0.2, 0.25) is 4.80 Å². The molecule has 0 spiro atoms. The van der Waals surface area contributed by atoms with Crippen LogP contribution in [0.4, 0.5) is 0 Å². The van der Waals surface area contributed by atoms with Gasteiger partial charge in [0.1, 0.15) is 0 Å². The molecule has 1 fully saturated rings. The summed E-state index contributed by atoms with van der Waals surface area (Å²) in [5.41, 5.74) is 3.53. The normalized spacial score (nSPS) is 16.0. The van der Waals surface area contributed by atoms with Crippen LogP contribution in [-0.2, 0) is 0 Å². The Morgan fingerprint density at radius 1 is 1.04 bits per heavy atom. The Kier molecular flexibility index (Phi) is 4.30. The van der Waals surface area contributed by atoms with Gasteiger partial charge < -0.3 is 0 Å². The monoisotopic (exact) mass is 335 g/mol. The Bertz CT molecular complexity index is 887. The number of aromatic nitrogens is 2. The first-order valence-corrected chi connectivity index (χ1v) is 9.33. The summed E-state index contributed by atoms with van der Waals surface area (Å²) in [5, 5.41) is 0. The highest BCUT2D eigenvalue weighted by Crippen LogP contribution is 2.24. The number of hydrogen-bond acceptors (Lipinski definition) is 3. The van der Waals surface area contributed by atoms with Crippen molar-refractivity contribution in [2.75, 3.05) is 0 Å². The van der Waals surface area contributed by atoms with E-state index in [2.05, 4.69) is 59.4 Å². The molecule has 0 saturated heterocycles. The molecule has 0 atom stereocenters. The summed E-state index contributed by atoms with van der Waals surface area (Å²) in [6.07, 6.45) is 4.99. The van der Waals surface area contributed by atoms with Crippen LogP contribution in [0.1, 0.15) is 31.2 Å². The average molecular weight is 335 g/mol.